The minimum absolute atomic E-state index is 0.290. The van der Waals surface area contributed by atoms with Gasteiger partial charge in [0, 0.05) is 11.3 Å². The van der Waals surface area contributed by atoms with Crippen LogP contribution in [-0.4, -0.2) is 26.1 Å². The van der Waals surface area contributed by atoms with Crippen LogP contribution < -0.4 is 5.32 Å². The third-order valence-electron chi connectivity index (χ3n) is 3.25. The smallest absolute Gasteiger partial charge is 0.269 e. The lowest BCUT2D eigenvalue weighted by atomic mass is 10.1. The highest BCUT2D eigenvalue weighted by atomic mass is 19.1. The molecular weight excluding hydrogens is 297 g/mol. The van der Waals surface area contributed by atoms with Gasteiger partial charge in [-0.15, -0.1) is 0 Å². The molecule has 0 radical (unpaired) electrons. The van der Waals surface area contributed by atoms with Gasteiger partial charge in [-0.05, 0) is 43.3 Å². The van der Waals surface area contributed by atoms with Crippen LogP contribution in [0.5, 0.6) is 0 Å². The average Bonchev–Trinajstić information content (AvgIpc) is 3.03. The topological polar surface area (TPSA) is 83.6 Å². The van der Waals surface area contributed by atoms with E-state index >= 15 is 0 Å². The van der Waals surface area contributed by atoms with Gasteiger partial charge >= 0.3 is 0 Å². The van der Waals surface area contributed by atoms with Crippen LogP contribution in [0.15, 0.2) is 42.7 Å². The molecule has 23 heavy (non-hydrogen) atoms. The number of amides is 1. The van der Waals surface area contributed by atoms with Crippen LogP contribution in [0.3, 0.4) is 0 Å². The number of nitrogens with zero attached hydrogens (tertiary/aromatic N) is 3. The van der Waals surface area contributed by atoms with Gasteiger partial charge in [0.05, 0.1) is 17.9 Å². The third-order valence-corrected chi connectivity index (χ3v) is 3.25. The summed E-state index contributed by atoms with van der Waals surface area (Å²) >= 11 is 0. The number of carbonyl (C=O) groups is 1. The van der Waals surface area contributed by atoms with Crippen molar-refractivity contribution in [2.24, 2.45) is 0 Å². The highest BCUT2D eigenvalue weighted by molar-refractivity contribution is 5.93. The highest BCUT2D eigenvalue weighted by Crippen LogP contribution is 2.17. The van der Waals surface area contributed by atoms with E-state index < -0.39 is 0 Å². The van der Waals surface area contributed by atoms with Crippen LogP contribution in [0, 0.1) is 12.7 Å². The number of halogens is 1. The Labute approximate surface area is 131 Å². The van der Waals surface area contributed by atoms with Gasteiger partial charge in [0.1, 0.15) is 17.8 Å². The maximum absolute atomic E-state index is 12.9. The molecule has 7 heteroatoms. The van der Waals surface area contributed by atoms with E-state index in [0.717, 1.165) is 17.0 Å². The van der Waals surface area contributed by atoms with Crippen LogP contribution in [0.25, 0.3) is 11.3 Å². The highest BCUT2D eigenvalue weighted by Gasteiger charge is 2.11. The number of benzene rings is 1. The fourth-order valence-electron chi connectivity index (χ4n) is 2.08. The maximum Gasteiger partial charge on any atom is 0.269 e. The molecule has 0 bridgehead atoms. The molecular formula is C16H14FN5O. The van der Waals surface area contributed by atoms with Gasteiger partial charge in [0.15, 0.2) is 0 Å². The number of nitrogens with one attached hydrogen (secondary N) is 2. The second kappa shape index (κ2) is 6.35. The van der Waals surface area contributed by atoms with Crippen molar-refractivity contribution in [2.45, 2.75) is 13.5 Å². The first-order valence-corrected chi connectivity index (χ1v) is 6.99. The van der Waals surface area contributed by atoms with Gasteiger partial charge in [-0.2, -0.15) is 5.10 Å². The number of aromatic amines is 1. The van der Waals surface area contributed by atoms with Gasteiger partial charge < -0.3 is 5.32 Å². The lowest BCUT2D eigenvalue weighted by Crippen LogP contribution is -2.23. The van der Waals surface area contributed by atoms with Crippen LogP contribution in [0.2, 0.25) is 0 Å². The van der Waals surface area contributed by atoms with Gasteiger partial charge in [-0.25, -0.2) is 14.4 Å². The predicted molar refractivity (Wildman–Crippen MR) is 81.9 cm³/mol. The first-order valence-electron chi connectivity index (χ1n) is 6.99. The predicted octanol–water partition coefficient (Wildman–Crippen LogP) is 2.24. The van der Waals surface area contributed by atoms with Gasteiger partial charge in [0.25, 0.3) is 5.91 Å². The number of aromatic nitrogens is 4. The maximum atomic E-state index is 12.9. The SMILES string of the molecule is Cc1cc(CNC(=O)c2cc(-c3ccc(F)cc3)n[nH]2)ncn1. The molecule has 2 N–H and O–H groups in total. The Morgan fingerprint density at radius 1 is 1.22 bits per heavy atom. The largest absolute Gasteiger partial charge is 0.345 e. The molecule has 0 fully saturated rings. The van der Waals surface area contributed by atoms with E-state index in [1.165, 1.54) is 18.5 Å². The normalized spacial score (nSPS) is 10.5. The molecule has 0 aliphatic carbocycles. The van der Waals surface area contributed by atoms with Crippen molar-refractivity contribution in [3.63, 3.8) is 0 Å². The molecule has 0 aliphatic rings. The molecule has 0 atom stereocenters. The summed E-state index contributed by atoms with van der Waals surface area (Å²) in [5.41, 5.74) is 3.20. The molecule has 1 aromatic carbocycles. The molecule has 0 spiro atoms. The molecule has 0 unspecified atom stereocenters. The fraction of sp³-hybridized carbons (Fsp3) is 0.125. The molecule has 0 saturated heterocycles. The van der Waals surface area contributed by atoms with Crippen LogP contribution >= 0.6 is 0 Å². The number of aryl methyl sites for hydroxylation is 1. The number of hydrogen-bond acceptors (Lipinski definition) is 4. The third kappa shape index (κ3) is 3.57. The Morgan fingerprint density at radius 2 is 2.00 bits per heavy atom. The molecule has 1 amide bonds. The summed E-state index contributed by atoms with van der Waals surface area (Å²) in [7, 11) is 0. The molecule has 2 heterocycles. The van der Waals surface area contributed by atoms with Gasteiger partial charge in [-0.1, -0.05) is 0 Å². The van der Waals surface area contributed by atoms with Crippen molar-refractivity contribution < 1.29 is 9.18 Å². The summed E-state index contributed by atoms with van der Waals surface area (Å²) in [5, 5.41) is 9.51. The second-order valence-corrected chi connectivity index (χ2v) is 5.01. The zero-order chi connectivity index (χ0) is 16.2. The molecule has 0 aliphatic heterocycles. The van der Waals surface area contributed by atoms with E-state index in [1.807, 2.05) is 6.92 Å². The Hall–Kier alpha value is -3.09. The van der Waals surface area contributed by atoms with E-state index in [-0.39, 0.29) is 11.7 Å². The molecule has 3 aromatic rings. The Kier molecular flexibility index (Phi) is 4.09. The summed E-state index contributed by atoms with van der Waals surface area (Å²) in [4.78, 5) is 20.2. The van der Waals surface area contributed by atoms with Crippen molar-refractivity contribution >= 4 is 5.91 Å². The molecule has 116 valence electrons. The lowest BCUT2D eigenvalue weighted by molar-refractivity contribution is 0.0945. The number of rotatable bonds is 4. The Balaban J connectivity index is 1.67. The number of hydrogen-bond donors (Lipinski definition) is 2. The zero-order valence-electron chi connectivity index (χ0n) is 12.4. The van der Waals surface area contributed by atoms with Crippen LogP contribution in [0.1, 0.15) is 21.9 Å². The first-order chi connectivity index (χ1) is 11.1. The lowest BCUT2D eigenvalue weighted by Gasteiger charge is -2.03. The van der Waals surface area contributed by atoms with Gasteiger partial charge in [-0.3, -0.25) is 9.89 Å². The fourth-order valence-corrected chi connectivity index (χ4v) is 2.08. The summed E-state index contributed by atoms with van der Waals surface area (Å²) in [5.74, 6) is -0.607. The standard InChI is InChI=1S/C16H14FN5O/c1-10-6-13(20-9-19-10)8-18-16(23)15-7-14(21-22-15)11-2-4-12(17)5-3-11/h2-7,9H,8H2,1H3,(H,18,23)(H,21,22). The average molecular weight is 311 g/mol. The van der Waals surface area contributed by atoms with Crippen molar-refractivity contribution in [3.05, 3.63) is 65.6 Å². The van der Waals surface area contributed by atoms with Crippen molar-refractivity contribution in [3.8, 4) is 11.3 Å². The summed E-state index contributed by atoms with van der Waals surface area (Å²) < 4.78 is 12.9. The number of carbonyl (C=O) groups excluding carboxylic acids is 1. The van der Waals surface area contributed by atoms with Crippen LogP contribution in [-0.2, 0) is 6.54 Å². The summed E-state index contributed by atoms with van der Waals surface area (Å²) in [6.45, 7) is 2.16. The molecule has 2 aromatic heterocycles. The summed E-state index contributed by atoms with van der Waals surface area (Å²) in [6.07, 6.45) is 1.46. The first kappa shape index (κ1) is 14.8. The summed E-state index contributed by atoms with van der Waals surface area (Å²) in [6, 6.07) is 9.33. The quantitative estimate of drug-likeness (QED) is 0.774. The van der Waals surface area contributed by atoms with Crippen molar-refractivity contribution in [1.82, 2.24) is 25.5 Å². The zero-order valence-corrected chi connectivity index (χ0v) is 12.4. The second-order valence-electron chi connectivity index (χ2n) is 5.01. The van der Waals surface area contributed by atoms with E-state index in [1.54, 1.807) is 24.3 Å². The molecule has 6 nitrogen and oxygen atoms in total. The van der Waals surface area contributed by atoms with Crippen molar-refractivity contribution in [2.75, 3.05) is 0 Å². The molecule has 3 rings (SSSR count). The van der Waals surface area contributed by atoms with Crippen LogP contribution in [0.4, 0.5) is 4.39 Å². The van der Waals surface area contributed by atoms with E-state index in [0.29, 0.717) is 17.9 Å². The van der Waals surface area contributed by atoms with E-state index in [4.69, 9.17) is 0 Å². The molecule has 0 saturated carbocycles. The Morgan fingerprint density at radius 3 is 2.74 bits per heavy atom. The van der Waals surface area contributed by atoms with Crippen molar-refractivity contribution in [1.29, 1.82) is 0 Å². The van der Waals surface area contributed by atoms with Gasteiger partial charge in [0.2, 0.25) is 0 Å². The monoisotopic (exact) mass is 311 g/mol. The minimum atomic E-state index is -0.317. The van der Waals surface area contributed by atoms with E-state index in [2.05, 4.69) is 25.5 Å². The minimum Gasteiger partial charge on any atom is -0.345 e. The van der Waals surface area contributed by atoms with E-state index in [9.17, 15) is 9.18 Å². The number of H-pyrrole nitrogens is 1. The Bertz CT molecular complexity index is 828.